The molecular weight excluding hydrogens is 324 g/mol. The van der Waals surface area contributed by atoms with Gasteiger partial charge in [0.25, 0.3) is 5.91 Å². The Morgan fingerprint density at radius 3 is 2.44 bits per heavy atom. The number of nitrogens with two attached hydrogens (primary N) is 1. The molecule has 0 bridgehead atoms. The third-order valence-corrected chi connectivity index (χ3v) is 3.25. The van der Waals surface area contributed by atoms with Crippen LogP contribution in [0.4, 0.5) is 11.4 Å². The number of ether oxygens (including phenoxy) is 3. The number of nitrogen functional groups attached to an aromatic ring is 1. The third kappa shape index (κ3) is 5.13. The van der Waals surface area contributed by atoms with Gasteiger partial charge in [-0.05, 0) is 49.4 Å². The monoisotopic (exact) mass is 344 g/mol. The SMILES string of the molecule is CCOc1ccc(NC(=O)COC(=O)c2ccc(OC)c(N)c2)cc1. The van der Waals surface area contributed by atoms with Crippen molar-refractivity contribution in [3.63, 3.8) is 0 Å². The van der Waals surface area contributed by atoms with Gasteiger partial charge in [0.05, 0.1) is 25.0 Å². The quantitative estimate of drug-likeness (QED) is 0.591. The summed E-state index contributed by atoms with van der Waals surface area (Å²) in [5.74, 6) is 0.0870. The minimum atomic E-state index is -0.642. The lowest BCUT2D eigenvalue weighted by Crippen LogP contribution is -2.21. The van der Waals surface area contributed by atoms with Gasteiger partial charge in [-0.15, -0.1) is 0 Å². The van der Waals surface area contributed by atoms with Gasteiger partial charge in [0.15, 0.2) is 6.61 Å². The zero-order valence-electron chi connectivity index (χ0n) is 14.1. The number of hydrogen-bond donors (Lipinski definition) is 2. The van der Waals surface area contributed by atoms with Crippen LogP contribution in [0.25, 0.3) is 0 Å². The highest BCUT2D eigenvalue weighted by molar-refractivity contribution is 5.96. The lowest BCUT2D eigenvalue weighted by atomic mass is 10.2. The number of hydrogen-bond acceptors (Lipinski definition) is 6. The molecule has 7 heteroatoms. The number of methoxy groups -OCH3 is 1. The van der Waals surface area contributed by atoms with Crippen molar-refractivity contribution in [2.24, 2.45) is 0 Å². The first-order chi connectivity index (χ1) is 12.0. The highest BCUT2D eigenvalue weighted by Gasteiger charge is 2.12. The molecule has 132 valence electrons. The Hall–Kier alpha value is -3.22. The molecule has 0 fully saturated rings. The maximum atomic E-state index is 12.0. The maximum Gasteiger partial charge on any atom is 0.338 e. The summed E-state index contributed by atoms with van der Waals surface area (Å²) in [7, 11) is 1.48. The van der Waals surface area contributed by atoms with E-state index in [4.69, 9.17) is 19.9 Å². The summed E-state index contributed by atoms with van der Waals surface area (Å²) < 4.78 is 15.3. The molecule has 0 aliphatic carbocycles. The number of benzene rings is 2. The van der Waals surface area contributed by atoms with Gasteiger partial charge in [0.1, 0.15) is 11.5 Å². The van der Waals surface area contributed by atoms with Gasteiger partial charge >= 0.3 is 5.97 Å². The van der Waals surface area contributed by atoms with Crippen LogP contribution >= 0.6 is 0 Å². The Morgan fingerprint density at radius 2 is 1.84 bits per heavy atom. The maximum absolute atomic E-state index is 12.0. The second kappa shape index (κ2) is 8.58. The minimum Gasteiger partial charge on any atom is -0.495 e. The van der Waals surface area contributed by atoms with E-state index >= 15 is 0 Å². The van der Waals surface area contributed by atoms with Crippen LogP contribution in [0.3, 0.4) is 0 Å². The molecule has 2 rings (SSSR count). The zero-order valence-corrected chi connectivity index (χ0v) is 14.1. The van der Waals surface area contributed by atoms with Gasteiger partial charge in [0, 0.05) is 5.69 Å². The van der Waals surface area contributed by atoms with E-state index in [0.29, 0.717) is 29.5 Å². The van der Waals surface area contributed by atoms with E-state index in [-0.39, 0.29) is 5.56 Å². The van der Waals surface area contributed by atoms with Crippen molar-refractivity contribution in [2.75, 3.05) is 31.4 Å². The molecule has 0 unspecified atom stereocenters. The first-order valence-corrected chi connectivity index (χ1v) is 7.66. The van der Waals surface area contributed by atoms with Crippen molar-refractivity contribution in [1.82, 2.24) is 0 Å². The van der Waals surface area contributed by atoms with Gasteiger partial charge in [-0.25, -0.2) is 4.79 Å². The number of esters is 1. The number of rotatable bonds is 7. The van der Waals surface area contributed by atoms with Crippen molar-refractivity contribution < 1.29 is 23.8 Å². The molecule has 0 aromatic heterocycles. The molecule has 0 aliphatic heterocycles. The van der Waals surface area contributed by atoms with E-state index in [1.54, 1.807) is 30.3 Å². The zero-order chi connectivity index (χ0) is 18.2. The summed E-state index contributed by atoms with van der Waals surface area (Å²) >= 11 is 0. The van der Waals surface area contributed by atoms with Crippen LogP contribution < -0.4 is 20.5 Å². The molecule has 0 aliphatic rings. The molecule has 1 amide bonds. The van der Waals surface area contributed by atoms with Crippen LogP contribution in [0.1, 0.15) is 17.3 Å². The molecule has 0 heterocycles. The average molecular weight is 344 g/mol. The number of carbonyl (C=O) groups excluding carboxylic acids is 2. The second-order valence-electron chi connectivity index (χ2n) is 5.04. The lowest BCUT2D eigenvalue weighted by molar-refractivity contribution is -0.119. The predicted molar refractivity (Wildman–Crippen MR) is 93.9 cm³/mol. The lowest BCUT2D eigenvalue weighted by Gasteiger charge is -2.09. The molecule has 3 N–H and O–H groups in total. The average Bonchev–Trinajstić information content (AvgIpc) is 2.61. The highest BCUT2D eigenvalue weighted by atomic mass is 16.5. The fourth-order valence-electron chi connectivity index (χ4n) is 2.07. The predicted octanol–water partition coefficient (Wildman–Crippen LogP) is 2.47. The van der Waals surface area contributed by atoms with E-state index in [1.807, 2.05) is 6.92 Å². The van der Waals surface area contributed by atoms with Crippen molar-refractivity contribution >= 4 is 23.3 Å². The van der Waals surface area contributed by atoms with E-state index in [2.05, 4.69) is 5.32 Å². The van der Waals surface area contributed by atoms with Gasteiger partial charge in [0.2, 0.25) is 0 Å². The van der Waals surface area contributed by atoms with Gasteiger partial charge < -0.3 is 25.3 Å². The number of anilines is 2. The molecule has 2 aromatic rings. The summed E-state index contributed by atoms with van der Waals surface area (Å²) in [4.78, 5) is 23.8. The number of amides is 1. The Bertz CT molecular complexity index is 744. The number of carbonyl (C=O) groups is 2. The molecule has 0 saturated heterocycles. The fourth-order valence-corrected chi connectivity index (χ4v) is 2.07. The molecule has 0 saturated carbocycles. The Balaban J connectivity index is 1.86. The summed E-state index contributed by atoms with van der Waals surface area (Å²) in [6.07, 6.45) is 0. The third-order valence-electron chi connectivity index (χ3n) is 3.25. The van der Waals surface area contributed by atoms with Crippen LogP contribution in [0.15, 0.2) is 42.5 Å². The van der Waals surface area contributed by atoms with Crippen molar-refractivity contribution in [1.29, 1.82) is 0 Å². The molecule has 0 radical (unpaired) electrons. The van der Waals surface area contributed by atoms with Crippen molar-refractivity contribution in [2.45, 2.75) is 6.92 Å². The summed E-state index contributed by atoms with van der Waals surface area (Å²) in [5, 5.41) is 2.63. The standard InChI is InChI=1S/C18H20N2O5/c1-3-24-14-7-5-13(6-8-14)20-17(21)11-25-18(22)12-4-9-16(23-2)15(19)10-12/h4-10H,3,11,19H2,1-2H3,(H,20,21). The van der Waals surface area contributed by atoms with Crippen LogP contribution in [0.5, 0.6) is 11.5 Å². The Labute approximate surface area is 145 Å². The Morgan fingerprint density at radius 1 is 1.12 bits per heavy atom. The Kier molecular flexibility index (Phi) is 6.22. The fraction of sp³-hybridized carbons (Fsp3) is 0.222. The van der Waals surface area contributed by atoms with Crippen molar-refractivity contribution in [3.05, 3.63) is 48.0 Å². The largest absolute Gasteiger partial charge is 0.495 e. The topological polar surface area (TPSA) is 99.9 Å². The molecular formula is C18H20N2O5. The molecule has 0 spiro atoms. The summed E-state index contributed by atoms with van der Waals surface area (Å²) in [6, 6.07) is 11.4. The van der Waals surface area contributed by atoms with Gasteiger partial charge in [-0.1, -0.05) is 0 Å². The smallest absolute Gasteiger partial charge is 0.338 e. The molecule has 2 aromatic carbocycles. The highest BCUT2D eigenvalue weighted by Crippen LogP contribution is 2.22. The van der Waals surface area contributed by atoms with Crippen LogP contribution in [0.2, 0.25) is 0 Å². The van der Waals surface area contributed by atoms with Crippen LogP contribution in [-0.4, -0.2) is 32.2 Å². The minimum absolute atomic E-state index is 0.243. The van der Waals surface area contributed by atoms with Crippen molar-refractivity contribution in [3.8, 4) is 11.5 Å². The van der Waals surface area contributed by atoms with E-state index in [9.17, 15) is 9.59 Å². The van der Waals surface area contributed by atoms with E-state index in [1.165, 1.54) is 19.2 Å². The number of nitrogens with one attached hydrogen (secondary N) is 1. The molecule has 7 nitrogen and oxygen atoms in total. The normalized spacial score (nSPS) is 10.0. The van der Waals surface area contributed by atoms with Crippen LogP contribution in [0, 0.1) is 0 Å². The molecule has 0 atom stereocenters. The van der Waals surface area contributed by atoms with E-state index < -0.39 is 18.5 Å². The van der Waals surface area contributed by atoms with Crippen LogP contribution in [-0.2, 0) is 9.53 Å². The van der Waals surface area contributed by atoms with Gasteiger partial charge in [-0.3, -0.25) is 4.79 Å². The second-order valence-corrected chi connectivity index (χ2v) is 5.04. The summed E-state index contributed by atoms with van der Waals surface area (Å²) in [6.45, 7) is 2.05. The summed E-state index contributed by atoms with van der Waals surface area (Å²) in [5.41, 5.74) is 6.88. The van der Waals surface area contributed by atoms with E-state index in [0.717, 1.165) is 0 Å². The first kappa shape index (κ1) is 18.1. The first-order valence-electron chi connectivity index (χ1n) is 7.66. The molecule has 25 heavy (non-hydrogen) atoms. The van der Waals surface area contributed by atoms with Gasteiger partial charge in [-0.2, -0.15) is 0 Å².